The summed E-state index contributed by atoms with van der Waals surface area (Å²) in [6.07, 6.45) is 1.66. The molecule has 5 heteroatoms. The van der Waals surface area contributed by atoms with Gasteiger partial charge in [-0.3, -0.25) is 4.79 Å². The molecule has 1 aliphatic rings. The van der Waals surface area contributed by atoms with Crippen molar-refractivity contribution >= 4 is 11.9 Å². The van der Waals surface area contributed by atoms with E-state index in [1.807, 2.05) is 6.92 Å². The molecule has 0 aromatic rings. The van der Waals surface area contributed by atoms with Crippen molar-refractivity contribution in [2.45, 2.75) is 44.8 Å². The van der Waals surface area contributed by atoms with Crippen molar-refractivity contribution in [1.82, 2.24) is 0 Å². The van der Waals surface area contributed by atoms with E-state index in [-0.39, 0.29) is 18.5 Å². The van der Waals surface area contributed by atoms with Gasteiger partial charge in [0.25, 0.3) is 0 Å². The molecular weight excluding hydrogens is 212 g/mol. The van der Waals surface area contributed by atoms with Gasteiger partial charge >= 0.3 is 11.9 Å². The van der Waals surface area contributed by atoms with Crippen LogP contribution in [-0.2, 0) is 19.1 Å². The topological polar surface area (TPSA) is 72.8 Å². The van der Waals surface area contributed by atoms with E-state index in [9.17, 15) is 9.59 Å². The zero-order valence-corrected chi connectivity index (χ0v) is 9.64. The van der Waals surface area contributed by atoms with Gasteiger partial charge in [0.1, 0.15) is 0 Å². The third-order valence-corrected chi connectivity index (χ3v) is 2.88. The number of aliphatic carboxylic acids is 1. The molecule has 3 atom stereocenters. The Hall–Kier alpha value is -1.10. The minimum Gasteiger partial charge on any atom is -0.479 e. The summed E-state index contributed by atoms with van der Waals surface area (Å²) in [6, 6.07) is 0. The van der Waals surface area contributed by atoms with E-state index < -0.39 is 18.0 Å². The fourth-order valence-corrected chi connectivity index (χ4v) is 1.98. The number of hydrogen-bond donors (Lipinski definition) is 1. The first-order valence-electron chi connectivity index (χ1n) is 5.56. The fourth-order valence-electron chi connectivity index (χ4n) is 1.98. The second kappa shape index (κ2) is 5.84. The van der Waals surface area contributed by atoms with Gasteiger partial charge in [0.2, 0.25) is 0 Å². The maximum atomic E-state index is 11.5. The van der Waals surface area contributed by atoms with Crippen LogP contribution < -0.4 is 0 Å². The Morgan fingerprint density at radius 3 is 2.69 bits per heavy atom. The van der Waals surface area contributed by atoms with Crippen molar-refractivity contribution in [1.29, 1.82) is 0 Å². The van der Waals surface area contributed by atoms with Gasteiger partial charge in [-0.2, -0.15) is 0 Å². The SMILES string of the molecule is CCCCC1OC(C(=O)O)CC1C(=O)OC. The minimum atomic E-state index is -1.01. The Labute approximate surface area is 94.7 Å². The molecule has 1 saturated heterocycles. The van der Waals surface area contributed by atoms with Crippen LogP contribution in [0.4, 0.5) is 0 Å². The summed E-state index contributed by atoms with van der Waals surface area (Å²) in [5.74, 6) is -1.81. The van der Waals surface area contributed by atoms with Crippen LogP contribution >= 0.6 is 0 Å². The van der Waals surface area contributed by atoms with Crippen LogP contribution in [0.3, 0.4) is 0 Å². The highest BCUT2D eigenvalue weighted by Gasteiger charge is 2.42. The van der Waals surface area contributed by atoms with Gasteiger partial charge in [0, 0.05) is 6.42 Å². The first kappa shape index (κ1) is 13.0. The maximum Gasteiger partial charge on any atom is 0.332 e. The van der Waals surface area contributed by atoms with Crippen molar-refractivity contribution in [3.8, 4) is 0 Å². The number of carbonyl (C=O) groups excluding carboxylic acids is 1. The molecule has 0 aliphatic carbocycles. The summed E-state index contributed by atoms with van der Waals surface area (Å²) < 4.78 is 10.0. The molecule has 1 heterocycles. The van der Waals surface area contributed by atoms with Crippen LogP contribution in [0.15, 0.2) is 0 Å². The number of methoxy groups -OCH3 is 1. The van der Waals surface area contributed by atoms with Crippen molar-refractivity contribution < 1.29 is 24.2 Å². The Kier molecular flexibility index (Phi) is 4.73. The molecule has 0 aromatic heterocycles. The predicted molar refractivity (Wildman–Crippen MR) is 55.9 cm³/mol. The van der Waals surface area contributed by atoms with Crippen LogP contribution in [0.1, 0.15) is 32.6 Å². The molecule has 0 aromatic carbocycles. The number of carboxylic acid groups (broad SMARTS) is 1. The predicted octanol–water partition coefficient (Wildman–Crippen LogP) is 1.21. The summed E-state index contributed by atoms with van der Waals surface area (Å²) in [7, 11) is 1.31. The van der Waals surface area contributed by atoms with Crippen LogP contribution in [0.5, 0.6) is 0 Å². The standard InChI is InChI=1S/C11H18O5/c1-3-4-5-8-7(11(14)15-2)6-9(16-8)10(12)13/h7-9H,3-6H2,1-2H3,(H,12,13). The first-order valence-corrected chi connectivity index (χ1v) is 5.56. The minimum absolute atomic E-state index is 0.219. The average molecular weight is 230 g/mol. The van der Waals surface area contributed by atoms with E-state index in [0.29, 0.717) is 6.42 Å². The normalized spacial score (nSPS) is 29.0. The van der Waals surface area contributed by atoms with Gasteiger partial charge in [-0.25, -0.2) is 4.79 Å². The lowest BCUT2D eigenvalue weighted by Gasteiger charge is -2.15. The van der Waals surface area contributed by atoms with Gasteiger partial charge in [0.05, 0.1) is 19.1 Å². The lowest BCUT2D eigenvalue weighted by atomic mass is 9.96. The van der Waals surface area contributed by atoms with Gasteiger partial charge in [0.15, 0.2) is 6.10 Å². The molecule has 0 saturated carbocycles. The molecule has 1 fully saturated rings. The number of carbonyl (C=O) groups is 2. The van der Waals surface area contributed by atoms with Crippen molar-refractivity contribution in [3.05, 3.63) is 0 Å². The second-order valence-corrected chi connectivity index (χ2v) is 4.01. The number of rotatable bonds is 5. The van der Waals surface area contributed by atoms with Gasteiger partial charge in [-0.15, -0.1) is 0 Å². The molecule has 0 amide bonds. The number of unbranched alkanes of at least 4 members (excludes halogenated alkanes) is 1. The lowest BCUT2D eigenvalue weighted by Crippen LogP contribution is -2.25. The van der Waals surface area contributed by atoms with Gasteiger partial charge in [-0.1, -0.05) is 19.8 Å². The van der Waals surface area contributed by atoms with Crippen LogP contribution in [0.25, 0.3) is 0 Å². The molecule has 92 valence electrons. The highest BCUT2D eigenvalue weighted by molar-refractivity contribution is 5.77. The van der Waals surface area contributed by atoms with E-state index in [4.69, 9.17) is 9.84 Å². The Morgan fingerprint density at radius 1 is 1.50 bits per heavy atom. The molecular formula is C11H18O5. The van der Waals surface area contributed by atoms with Gasteiger partial charge in [-0.05, 0) is 6.42 Å². The zero-order chi connectivity index (χ0) is 12.1. The average Bonchev–Trinajstić information content (AvgIpc) is 2.69. The number of carboxylic acids is 1. The summed E-state index contributed by atoms with van der Waals surface area (Å²) in [6.45, 7) is 2.04. The summed E-state index contributed by atoms with van der Waals surface area (Å²) in [4.78, 5) is 22.3. The summed E-state index contributed by atoms with van der Waals surface area (Å²) in [5.41, 5.74) is 0. The van der Waals surface area contributed by atoms with E-state index in [2.05, 4.69) is 4.74 Å². The second-order valence-electron chi connectivity index (χ2n) is 4.01. The molecule has 3 unspecified atom stereocenters. The van der Waals surface area contributed by atoms with Gasteiger partial charge < -0.3 is 14.6 Å². The lowest BCUT2D eigenvalue weighted by molar-refractivity contribution is -0.151. The Bertz CT molecular complexity index is 263. The van der Waals surface area contributed by atoms with E-state index in [1.54, 1.807) is 0 Å². The summed E-state index contributed by atoms with van der Waals surface area (Å²) >= 11 is 0. The van der Waals surface area contributed by atoms with E-state index >= 15 is 0 Å². The number of ether oxygens (including phenoxy) is 2. The molecule has 5 nitrogen and oxygen atoms in total. The molecule has 0 bridgehead atoms. The molecule has 0 radical (unpaired) electrons. The maximum absolute atomic E-state index is 11.5. The molecule has 1 rings (SSSR count). The third kappa shape index (κ3) is 2.95. The quantitative estimate of drug-likeness (QED) is 0.718. The zero-order valence-electron chi connectivity index (χ0n) is 9.64. The Balaban J connectivity index is 2.63. The molecule has 1 N–H and O–H groups in total. The molecule has 1 aliphatic heterocycles. The first-order chi connectivity index (χ1) is 7.60. The highest BCUT2D eigenvalue weighted by Crippen LogP contribution is 2.30. The Morgan fingerprint density at radius 2 is 2.19 bits per heavy atom. The molecule has 16 heavy (non-hydrogen) atoms. The third-order valence-electron chi connectivity index (χ3n) is 2.88. The van der Waals surface area contributed by atoms with Crippen LogP contribution in [0, 0.1) is 5.92 Å². The van der Waals surface area contributed by atoms with Crippen molar-refractivity contribution in [2.75, 3.05) is 7.11 Å². The van der Waals surface area contributed by atoms with E-state index in [1.165, 1.54) is 7.11 Å². The van der Waals surface area contributed by atoms with Crippen molar-refractivity contribution in [2.24, 2.45) is 5.92 Å². The van der Waals surface area contributed by atoms with E-state index in [0.717, 1.165) is 12.8 Å². The smallest absolute Gasteiger partial charge is 0.332 e. The van der Waals surface area contributed by atoms with Crippen LogP contribution in [0.2, 0.25) is 0 Å². The molecule has 0 spiro atoms. The monoisotopic (exact) mass is 230 g/mol. The summed E-state index contributed by atoms with van der Waals surface area (Å²) in [5, 5.41) is 8.85. The fraction of sp³-hybridized carbons (Fsp3) is 0.818. The largest absolute Gasteiger partial charge is 0.479 e. The van der Waals surface area contributed by atoms with Crippen LogP contribution in [-0.4, -0.2) is 36.4 Å². The highest BCUT2D eigenvalue weighted by atomic mass is 16.5. The number of hydrogen-bond acceptors (Lipinski definition) is 4. The number of esters is 1. The van der Waals surface area contributed by atoms with Crippen molar-refractivity contribution in [3.63, 3.8) is 0 Å².